The minimum atomic E-state index is -0.756. The fraction of sp³-hybridized carbons (Fsp3) is 0.571. The van der Waals surface area contributed by atoms with E-state index in [4.69, 9.17) is 0 Å². The number of hydrogen-bond acceptors (Lipinski definition) is 1. The normalized spacial score (nSPS) is 29.1. The molecule has 2 aliphatic carbocycles. The van der Waals surface area contributed by atoms with E-state index in [1.807, 2.05) is 0 Å². The summed E-state index contributed by atoms with van der Waals surface area (Å²) in [4.78, 5) is 10.5. The molecule has 0 aliphatic heterocycles. The number of halogens is 2. The summed E-state index contributed by atoms with van der Waals surface area (Å²) in [6.07, 6.45) is 9.84. The van der Waals surface area contributed by atoms with Crippen LogP contribution in [0.4, 0.5) is 8.78 Å². The molecule has 1 aromatic rings. The number of aldehydes is 1. The molecule has 0 aromatic heterocycles. The predicted molar refractivity (Wildman–Crippen MR) is 93.8 cm³/mol. The van der Waals surface area contributed by atoms with Crippen molar-refractivity contribution in [1.29, 1.82) is 0 Å². The van der Waals surface area contributed by atoms with Crippen LogP contribution >= 0.6 is 0 Å². The third kappa shape index (κ3) is 4.52. The molecular weight excluding hydrogens is 306 g/mol. The molecule has 3 rings (SSSR count). The SMILES string of the molecule is C=C.O=CCCC1CCC2CC(c3ccc(F)c(F)c3)CCC2C1. The van der Waals surface area contributed by atoms with E-state index < -0.39 is 11.6 Å². The molecule has 0 N–H and O–H groups in total. The minimum Gasteiger partial charge on any atom is -0.303 e. The van der Waals surface area contributed by atoms with E-state index in [0.29, 0.717) is 18.3 Å². The van der Waals surface area contributed by atoms with Gasteiger partial charge >= 0.3 is 0 Å². The van der Waals surface area contributed by atoms with Crippen LogP contribution in [-0.2, 0) is 4.79 Å². The van der Waals surface area contributed by atoms with Gasteiger partial charge in [-0.2, -0.15) is 0 Å². The van der Waals surface area contributed by atoms with Crippen molar-refractivity contribution in [2.45, 2.75) is 57.3 Å². The Kier molecular flexibility index (Phi) is 7.14. The zero-order valence-corrected chi connectivity index (χ0v) is 14.4. The van der Waals surface area contributed by atoms with Crippen LogP contribution in [0.15, 0.2) is 31.4 Å². The standard InChI is InChI=1S/C19H24F2O.C2H4/c20-18-8-7-17(12-19(18)21)16-6-5-14-10-13(2-1-9-22)3-4-15(14)11-16;1-2/h7-9,12-16H,1-6,10-11H2;1-2H2. The van der Waals surface area contributed by atoms with Crippen molar-refractivity contribution in [2.24, 2.45) is 17.8 Å². The van der Waals surface area contributed by atoms with Gasteiger partial charge in [0.2, 0.25) is 0 Å². The summed E-state index contributed by atoms with van der Waals surface area (Å²) in [5.74, 6) is 1.10. The van der Waals surface area contributed by atoms with Gasteiger partial charge in [-0.3, -0.25) is 0 Å². The van der Waals surface area contributed by atoms with Gasteiger partial charge in [-0.15, -0.1) is 13.2 Å². The van der Waals surface area contributed by atoms with E-state index in [2.05, 4.69) is 13.2 Å². The zero-order valence-electron chi connectivity index (χ0n) is 14.4. The molecule has 0 bridgehead atoms. The van der Waals surface area contributed by atoms with Crippen molar-refractivity contribution in [3.8, 4) is 0 Å². The van der Waals surface area contributed by atoms with Crippen molar-refractivity contribution in [3.05, 3.63) is 48.6 Å². The van der Waals surface area contributed by atoms with Gasteiger partial charge in [0.1, 0.15) is 6.29 Å². The van der Waals surface area contributed by atoms with E-state index in [0.717, 1.165) is 42.9 Å². The van der Waals surface area contributed by atoms with Crippen molar-refractivity contribution < 1.29 is 13.6 Å². The van der Waals surface area contributed by atoms with Gasteiger partial charge in [-0.05, 0) is 79.9 Å². The summed E-state index contributed by atoms with van der Waals surface area (Å²) in [6.45, 7) is 6.00. The second kappa shape index (κ2) is 9.10. The number of benzene rings is 1. The van der Waals surface area contributed by atoms with Crippen LogP contribution in [0.2, 0.25) is 0 Å². The second-order valence-corrected chi connectivity index (χ2v) is 7.13. The summed E-state index contributed by atoms with van der Waals surface area (Å²) in [6, 6.07) is 4.39. The van der Waals surface area contributed by atoms with E-state index in [-0.39, 0.29) is 0 Å². The Morgan fingerprint density at radius 1 is 1.00 bits per heavy atom. The van der Waals surface area contributed by atoms with E-state index in [1.54, 1.807) is 6.07 Å². The number of hydrogen-bond donors (Lipinski definition) is 0. The Bertz CT molecular complexity index is 543. The number of carbonyl (C=O) groups is 1. The molecule has 132 valence electrons. The lowest BCUT2D eigenvalue weighted by Crippen LogP contribution is -2.30. The molecule has 0 amide bonds. The molecule has 1 aromatic carbocycles. The molecule has 1 nitrogen and oxygen atoms in total. The van der Waals surface area contributed by atoms with Gasteiger partial charge in [0, 0.05) is 6.42 Å². The fourth-order valence-corrected chi connectivity index (χ4v) is 4.62. The topological polar surface area (TPSA) is 17.1 Å². The highest BCUT2D eigenvalue weighted by molar-refractivity contribution is 5.49. The van der Waals surface area contributed by atoms with Crippen molar-refractivity contribution in [2.75, 3.05) is 0 Å². The van der Waals surface area contributed by atoms with Gasteiger partial charge in [-0.1, -0.05) is 12.5 Å². The molecule has 4 unspecified atom stereocenters. The van der Waals surface area contributed by atoms with E-state index in [1.165, 1.54) is 37.8 Å². The van der Waals surface area contributed by atoms with Gasteiger partial charge in [0.15, 0.2) is 11.6 Å². The molecule has 2 fully saturated rings. The fourth-order valence-electron chi connectivity index (χ4n) is 4.62. The van der Waals surface area contributed by atoms with Crippen LogP contribution in [0, 0.1) is 29.4 Å². The highest BCUT2D eigenvalue weighted by Gasteiger charge is 2.35. The first-order chi connectivity index (χ1) is 11.7. The zero-order chi connectivity index (χ0) is 17.5. The Labute approximate surface area is 144 Å². The molecular formula is C21H28F2O. The van der Waals surface area contributed by atoms with Crippen molar-refractivity contribution >= 4 is 6.29 Å². The molecule has 0 saturated heterocycles. The van der Waals surface area contributed by atoms with Gasteiger partial charge in [0.25, 0.3) is 0 Å². The third-order valence-corrected chi connectivity index (χ3v) is 5.83. The van der Waals surface area contributed by atoms with Gasteiger partial charge in [0.05, 0.1) is 0 Å². The second-order valence-electron chi connectivity index (χ2n) is 7.13. The largest absolute Gasteiger partial charge is 0.303 e. The maximum absolute atomic E-state index is 13.4. The average Bonchev–Trinajstić information content (AvgIpc) is 2.63. The van der Waals surface area contributed by atoms with Crippen LogP contribution in [0.25, 0.3) is 0 Å². The van der Waals surface area contributed by atoms with Crippen LogP contribution in [-0.4, -0.2) is 6.29 Å². The Balaban J connectivity index is 0.00000100. The number of carbonyl (C=O) groups excluding carboxylic acids is 1. The molecule has 2 aliphatic rings. The highest BCUT2D eigenvalue weighted by atomic mass is 19.2. The molecule has 2 saturated carbocycles. The summed E-state index contributed by atoms with van der Waals surface area (Å²) in [5, 5.41) is 0. The molecule has 0 heterocycles. The number of rotatable bonds is 4. The Morgan fingerprint density at radius 2 is 1.71 bits per heavy atom. The van der Waals surface area contributed by atoms with Crippen molar-refractivity contribution in [3.63, 3.8) is 0 Å². The summed E-state index contributed by atoms with van der Waals surface area (Å²) < 4.78 is 26.5. The molecule has 0 radical (unpaired) electrons. The average molecular weight is 334 g/mol. The van der Waals surface area contributed by atoms with Crippen LogP contribution < -0.4 is 0 Å². The molecule has 3 heteroatoms. The summed E-state index contributed by atoms with van der Waals surface area (Å²) in [5.41, 5.74) is 0.959. The Hall–Kier alpha value is -1.51. The van der Waals surface area contributed by atoms with Gasteiger partial charge in [-0.25, -0.2) is 8.78 Å². The summed E-state index contributed by atoms with van der Waals surface area (Å²) >= 11 is 0. The summed E-state index contributed by atoms with van der Waals surface area (Å²) in [7, 11) is 0. The van der Waals surface area contributed by atoms with Crippen molar-refractivity contribution in [1.82, 2.24) is 0 Å². The predicted octanol–water partition coefficient (Wildman–Crippen LogP) is 6.05. The quantitative estimate of drug-likeness (QED) is 0.484. The first-order valence-corrected chi connectivity index (χ1v) is 9.06. The monoisotopic (exact) mass is 334 g/mol. The first kappa shape index (κ1) is 18.8. The highest BCUT2D eigenvalue weighted by Crippen LogP contribution is 2.48. The van der Waals surface area contributed by atoms with E-state index >= 15 is 0 Å². The minimum absolute atomic E-state index is 0.378. The maximum Gasteiger partial charge on any atom is 0.159 e. The lowest BCUT2D eigenvalue weighted by molar-refractivity contribution is -0.108. The first-order valence-electron chi connectivity index (χ1n) is 9.06. The van der Waals surface area contributed by atoms with Crippen LogP contribution in [0.3, 0.4) is 0 Å². The number of fused-ring (bicyclic) bond motifs is 1. The molecule has 4 atom stereocenters. The Morgan fingerprint density at radius 3 is 2.42 bits per heavy atom. The van der Waals surface area contributed by atoms with Crippen LogP contribution in [0.5, 0.6) is 0 Å². The molecule has 24 heavy (non-hydrogen) atoms. The van der Waals surface area contributed by atoms with E-state index in [9.17, 15) is 13.6 Å². The van der Waals surface area contributed by atoms with Gasteiger partial charge < -0.3 is 4.79 Å². The smallest absolute Gasteiger partial charge is 0.159 e. The maximum atomic E-state index is 13.4. The lowest BCUT2D eigenvalue weighted by atomic mass is 9.63. The van der Waals surface area contributed by atoms with Crippen LogP contribution in [0.1, 0.15) is 62.8 Å². The lowest BCUT2D eigenvalue weighted by Gasteiger charge is -2.42. The molecule has 0 spiro atoms. The third-order valence-electron chi connectivity index (χ3n) is 5.83.